The molecule has 0 bridgehead atoms. The molecule has 0 aromatic rings. The molecule has 0 heterocycles. The second kappa shape index (κ2) is 7.31. The summed E-state index contributed by atoms with van der Waals surface area (Å²) in [7, 11) is -2.97. The second-order valence-electron chi connectivity index (χ2n) is 4.34. The van der Waals surface area contributed by atoms with E-state index in [-0.39, 0.29) is 17.4 Å². The number of hydrazine groups is 1. The first kappa shape index (κ1) is 16.8. The first-order valence-electron chi connectivity index (χ1n) is 6.13. The minimum Gasteiger partial charge on any atom is -0.374 e. The lowest BCUT2D eigenvalue weighted by Crippen LogP contribution is -2.55. The van der Waals surface area contributed by atoms with E-state index in [9.17, 15) is 8.42 Å². The SMILES string of the molecule is CCOC(CC)(CC)C(CCS(C)(=O)=O)NN. The van der Waals surface area contributed by atoms with Gasteiger partial charge in [0.25, 0.3) is 0 Å². The quantitative estimate of drug-likeness (QED) is 0.477. The van der Waals surface area contributed by atoms with Gasteiger partial charge in [0.05, 0.1) is 17.4 Å². The van der Waals surface area contributed by atoms with Crippen LogP contribution in [-0.4, -0.2) is 38.7 Å². The molecular weight excluding hydrogens is 240 g/mol. The van der Waals surface area contributed by atoms with Crippen LogP contribution in [0.2, 0.25) is 0 Å². The molecule has 0 aliphatic carbocycles. The Morgan fingerprint density at radius 1 is 1.29 bits per heavy atom. The van der Waals surface area contributed by atoms with Gasteiger partial charge in [-0.3, -0.25) is 11.3 Å². The Kier molecular flexibility index (Phi) is 7.23. The van der Waals surface area contributed by atoms with Crippen LogP contribution < -0.4 is 11.3 Å². The summed E-state index contributed by atoms with van der Waals surface area (Å²) in [5.74, 6) is 5.67. The summed E-state index contributed by atoms with van der Waals surface area (Å²) in [4.78, 5) is 0. The van der Waals surface area contributed by atoms with E-state index in [1.807, 2.05) is 20.8 Å². The maximum atomic E-state index is 11.2. The van der Waals surface area contributed by atoms with Crippen LogP contribution in [0.1, 0.15) is 40.0 Å². The average Bonchev–Trinajstić information content (AvgIpc) is 2.26. The molecule has 0 rings (SSSR count). The molecule has 0 radical (unpaired) electrons. The van der Waals surface area contributed by atoms with Crippen molar-refractivity contribution in [2.45, 2.75) is 51.7 Å². The minimum atomic E-state index is -2.97. The molecule has 5 nitrogen and oxygen atoms in total. The third-order valence-corrected chi connectivity index (χ3v) is 4.22. The van der Waals surface area contributed by atoms with E-state index in [1.54, 1.807) is 0 Å². The largest absolute Gasteiger partial charge is 0.374 e. The van der Waals surface area contributed by atoms with E-state index in [2.05, 4.69) is 5.43 Å². The third kappa shape index (κ3) is 5.33. The predicted octanol–water partition coefficient (Wildman–Crippen LogP) is 0.848. The van der Waals surface area contributed by atoms with E-state index in [0.717, 1.165) is 12.8 Å². The van der Waals surface area contributed by atoms with Gasteiger partial charge in [-0.25, -0.2) is 8.42 Å². The molecule has 17 heavy (non-hydrogen) atoms. The number of hydrogen-bond donors (Lipinski definition) is 2. The van der Waals surface area contributed by atoms with Crippen LogP contribution in [0.3, 0.4) is 0 Å². The molecule has 0 spiro atoms. The highest BCUT2D eigenvalue weighted by atomic mass is 32.2. The fraction of sp³-hybridized carbons (Fsp3) is 1.00. The topological polar surface area (TPSA) is 81.4 Å². The molecule has 104 valence electrons. The van der Waals surface area contributed by atoms with Gasteiger partial charge in [0.1, 0.15) is 9.84 Å². The van der Waals surface area contributed by atoms with Gasteiger partial charge >= 0.3 is 0 Å². The Balaban J connectivity index is 4.78. The zero-order chi connectivity index (χ0) is 13.5. The zero-order valence-corrected chi connectivity index (χ0v) is 12.1. The van der Waals surface area contributed by atoms with Gasteiger partial charge in [-0.15, -0.1) is 0 Å². The highest BCUT2D eigenvalue weighted by molar-refractivity contribution is 7.90. The van der Waals surface area contributed by atoms with Crippen LogP contribution in [0.5, 0.6) is 0 Å². The fourth-order valence-electron chi connectivity index (χ4n) is 2.17. The van der Waals surface area contributed by atoms with Crippen molar-refractivity contribution in [3.05, 3.63) is 0 Å². The van der Waals surface area contributed by atoms with Crippen LogP contribution in [0.4, 0.5) is 0 Å². The van der Waals surface area contributed by atoms with Crippen molar-refractivity contribution in [3.63, 3.8) is 0 Å². The first-order valence-corrected chi connectivity index (χ1v) is 8.19. The third-order valence-electron chi connectivity index (χ3n) is 3.24. The lowest BCUT2D eigenvalue weighted by atomic mass is 9.87. The Labute approximate surface area is 105 Å². The van der Waals surface area contributed by atoms with Crippen molar-refractivity contribution in [2.75, 3.05) is 18.6 Å². The monoisotopic (exact) mass is 266 g/mol. The number of ether oxygens (including phenoxy) is 1. The van der Waals surface area contributed by atoms with Crippen molar-refractivity contribution >= 4 is 9.84 Å². The standard InChI is InChI=1S/C11H26N2O3S/c1-5-11(6-2,16-7-3)10(13-12)8-9-17(4,14)15/h10,13H,5-9,12H2,1-4H3. The molecule has 0 saturated heterocycles. The molecule has 0 aliphatic heterocycles. The molecule has 0 saturated carbocycles. The Morgan fingerprint density at radius 2 is 1.82 bits per heavy atom. The van der Waals surface area contributed by atoms with E-state index < -0.39 is 9.84 Å². The lowest BCUT2D eigenvalue weighted by Gasteiger charge is -2.39. The van der Waals surface area contributed by atoms with Gasteiger partial charge in [-0.1, -0.05) is 13.8 Å². The minimum absolute atomic E-state index is 0.122. The van der Waals surface area contributed by atoms with E-state index in [4.69, 9.17) is 10.6 Å². The predicted molar refractivity (Wildman–Crippen MR) is 70.4 cm³/mol. The van der Waals surface area contributed by atoms with Gasteiger partial charge in [-0.05, 0) is 26.2 Å². The molecule has 3 N–H and O–H groups in total. The molecule has 0 fully saturated rings. The van der Waals surface area contributed by atoms with Crippen LogP contribution in [-0.2, 0) is 14.6 Å². The summed E-state index contributed by atoms with van der Waals surface area (Å²) in [6.07, 6.45) is 3.31. The van der Waals surface area contributed by atoms with Gasteiger partial charge < -0.3 is 4.74 Å². The number of sulfone groups is 1. The van der Waals surface area contributed by atoms with Crippen molar-refractivity contribution < 1.29 is 13.2 Å². The van der Waals surface area contributed by atoms with E-state index in [1.165, 1.54) is 6.26 Å². The number of nitrogens with one attached hydrogen (secondary N) is 1. The first-order chi connectivity index (χ1) is 7.85. The molecule has 1 unspecified atom stereocenters. The highest BCUT2D eigenvalue weighted by Gasteiger charge is 2.36. The summed E-state index contributed by atoms with van der Waals surface area (Å²) in [5.41, 5.74) is 2.33. The number of nitrogens with two attached hydrogens (primary N) is 1. The van der Waals surface area contributed by atoms with Gasteiger partial charge in [-0.2, -0.15) is 0 Å². The zero-order valence-electron chi connectivity index (χ0n) is 11.3. The number of rotatable bonds is 9. The van der Waals surface area contributed by atoms with E-state index in [0.29, 0.717) is 13.0 Å². The highest BCUT2D eigenvalue weighted by Crippen LogP contribution is 2.26. The van der Waals surface area contributed by atoms with Crippen LogP contribution in [0, 0.1) is 0 Å². The molecule has 0 aromatic carbocycles. The van der Waals surface area contributed by atoms with Crippen molar-refractivity contribution in [2.24, 2.45) is 5.84 Å². The molecule has 0 aliphatic rings. The Morgan fingerprint density at radius 3 is 2.12 bits per heavy atom. The summed E-state index contributed by atoms with van der Waals surface area (Å²) in [5, 5.41) is 0. The smallest absolute Gasteiger partial charge is 0.147 e. The number of hydrogen-bond acceptors (Lipinski definition) is 5. The average molecular weight is 266 g/mol. The Hall–Kier alpha value is -0.170. The lowest BCUT2D eigenvalue weighted by molar-refractivity contribution is -0.0726. The van der Waals surface area contributed by atoms with E-state index >= 15 is 0 Å². The summed E-state index contributed by atoms with van der Waals surface area (Å²) in [6, 6.07) is -0.146. The van der Waals surface area contributed by atoms with Crippen LogP contribution in [0.15, 0.2) is 0 Å². The van der Waals surface area contributed by atoms with Crippen molar-refractivity contribution in [1.29, 1.82) is 0 Å². The van der Waals surface area contributed by atoms with Gasteiger partial charge in [0, 0.05) is 12.9 Å². The molecule has 0 aromatic heterocycles. The fourth-order valence-corrected chi connectivity index (χ4v) is 2.83. The maximum Gasteiger partial charge on any atom is 0.147 e. The van der Waals surface area contributed by atoms with Gasteiger partial charge in [0.15, 0.2) is 0 Å². The molecule has 1 atom stereocenters. The van der Waals surface area contributed by atoms with Crippen LogP contribution in [0.25, 0.3) is 0 Å². The molecule has 6 heteroatoms. The second-order valence-corrected chi connectivity index (χ2v) is 6.60. The Bertz CT molecular complexity index is 300. The van der Waals surface area contributed by atoms with Crippen LogP contribution >= 0.6 is 0 Å². The normalized spacial score (nSPS) is 14.9. The molecule has 0 amide bonds. The van der Waals surface area contributed by atoms with Crippen molar-refractivity contribution in [3.8, 4) is 0 Å². The maximum absolute atomic E-state index is 11.2. The molecular formula is C11H26N2O3S. The van der Waals surface area contributed by atoms with Gasteiger partial charge in [0.2, 0.25) is 0 Å². The summed E-state index contributed by atoms with van der Waals surface area (Å²) < 4.78 is 28.2. The summed E-state index contributed by atoms with van der Waals surface area (Å²) >= 11 is 0. The summed E-state index contributed by atoms with van der Waals surface area (Å²) in [6.45, 7) is 6.59. The van der Waals surface area contributed by atoms with Crippen molar-refractivity contribution in [1.82, 2.24) is 5.43 Å².